The van der Waals surface area contributed by atoms with E-state index in [0.29, 0.717) is 11.7 Å². The summed E-state index contributed by atoms with van der Waals surface area (Å²) in [5.41, 5.74) is 8.06. The second-order valence-corrected chi connectivity index (χ2v) is 5.03. The van der Waals surface area contributed by atoms with E-state index in [1.54, 1.807) is 0 Å². The smallest absolute Gasteiger partial charge is 0.243 e. The SMILES string of the molecule is CC(N)c1nc(C(c2ccccc2)c2ccccc2)no1. The zero-order chi connectivity index (χ0) is 14.7. The maximum Gasteiger partial charge on any atom is 0.243 e. The van der Waals surface area contributed by atoms with E-state index in [0.717, 1.165) is 11.1 Å². The Morgan fingerprint density at radius 2 is 1.43 bits per heavy atom. The fourth-order valence-corrected chi connectivity index (χ4v) is 2.33. The maximum absolute atomic E-state index is 5.81. The summed E-state index contributed by atoms with van der Waals surface area (Å²) < 4.78 is 5.26. The maximum atomic E-state index is 5.81. The van der Waals surface area contributed by atoms with Crippen molar-refractivity contribution >= 4 is 0 Å². The third kappa shape index (κ3) is 2.85. The summed E-state index contributed by atoms with van der Waals surface area (Å²) in [6, 6.07) is 20.0. The average Bonchev–Trinajstić information content (AvgIpc) is 3.00. The van der Waals surface area contributed by atoms with Crippen molar-refractivity contribution < 1.29 is 4.52 Å². The second kappa shape index (κ2) is 5.89. The van der Waals surface area contributed by atoms with Crippen molar-refractivity contribution in [3.8, 4) is 0 Å². The van der Waals surface area contributed by atoms with Crippen LogP contribution in [0.25, 0.3) is 0 Å². The first kappa shape index (κ1) is 13.5. The van der Waals surface area contributed by atoms with Gasteiger partial charge in [-0.05, 0) is 18.1 Å². The molecule has 1 aromatic heterocycles. The monoisotopic (exact) mass is 279 g/mol. The van der Waals surface area contributed by atoms with Gasteiger partial charge in [-0.2, -0.15) is 4.98 Å². The molecule has 0 aliphatic rings. The van der Waals surface area contributed by atoms with Gasteiger partial charge in [-0.1, -0.05) is 65.8 Å². The van der Waals surface area contributed by atoms with E-state index in [4.69, 9.17) is 10.3 Å². The van der Waals surface area contributed by atoms with E-state index in [-0.39, 0.29) is 12.0 Å². The van der Waals surface area contributed by atoms with Crippen molar-refractivity contribution in [1.82, 2.24) is 10.1 Å². The van der Waals surface area contributed by atoms with Crippen molar-refractivity contribution in [3.05, 3.63) is 83.5 Å². The Balaban J connectivity index is 2.08. The lowest BCUT2D eigenvalue weighted by atomic mass is 9.91. The van der Waals surface area contributed by atoms with Crippen LogP contribution in [0.4, 0.5) is 0 Å². The van der Waals surface area contributed by atoms with Gasteiger partial charge in [0.2, 0.25) is 5.89 Å². The van der Waals surface area contributed by atoms with Gasteiger partial charge in [-0.15, -0.1) is 0 Å². The van der Waals surface area contributed by atoms with Crippen molar-refractivity contribution in [2.75, 3.05) is 0 Å². The van der Waals surface area contributed by atoms with Crippen LogP contribution in [0, 0.1) is 0 Å². The van der Waals surface area contributed by atoms with Gasteiger partial charge in [-0.3, -0.25) is 0 Å². The van der Waals surface area contributed by atoms with Gasteiger partial charge in [0.15, 0.2) is 5.82 Å². The Morgan fingerprint density at radius 1 is 0.905 bits per heavy atom. The molecule has 1 unspecified atom stereocenters. The summed E-state index contributed by atoms with van der Waals surface area (Å²) in [7, 11) is 0. The number of nitrogens with zero attached hydrogens (tertiary/aromatic N) is 2. The van der Waals surface area contributed by atoms with Gasteiger partial charge in [0.1, 0.15) is 0 Å². The minimum atomic E-state index is -0.265. The topological polar surface area (TPSA) is 64.9 Å². The number of rotatable bonds is 4. The van der Waals surface area contributed by atoms with E-state index >= 15 is 0 Å². The molecule has 0 saturated carbocycles. The molecule has 21 heavy (non-hydrogen) atoms. The zero-order valence-corrected chi connectivity index (χ0v) is 11.8. The third-order valence-electron chi connectivity index (χ3n) is 3.37. The molecular weight excluding hydrogens is 262 g/mol. The number of hydrogen-bond donors (Lipinski definition) is 1. The minimum absolute atomic E-state index is 0.0522. The summed E-state index contributed by atoms with van der Waals surface area (Å²) >= 11 is 0. The first-order chi connectivity index (χ1) is 10.3. The first-order valence-corrected chi connectivity index (χ1v) is 6.94. The molecule has 106 valence electrons. The molecule has 3 aromatic rings. The standard InChI is InChI=1S/C17H17N3O/c1-12(18)17-19-16(20-21-17)15(13-8-4-2-5-9-13)14-10-6-3-7-11-14/h2-12,15H,18H2,1H3. The predicted molar refractivity (Wildman–Crippen MR) is 80.7 cm³/mol. The van der Waals surface area contributed by atoms with Crippen LogP contribution in [0.1, 0.15) is 41.7 Å². The predicted octanol–water partition coefficient (Wildman–Crippen LogP) is 3.27. The summed E-state index contributed by atoms with van der Waals surface area (Å²) in [5, 5.41) is 4.12. The fourth-order valence-electron chi connectivity index (χ4n) is 2.33. The van der Waals surface area contributed by atoms with Crippen LogP contribution in [0.3, 0.4) is 0 Å². The first-order valence-electron chi connectivity index (χ1n) is 6.94. The Labute approximate surface area is 123 Å². The molecule has 1 heterocycles. The highest BCUT2D eigenvalue weighted by Gasteiger charge is 2.23. The van der Waals surface area contributed by atoms with Gasteiger partial charge in [0.25, 0.3) is 0 Å². The zero-order valence-electron chi connectivity index (χ0n) is 11.8. The lowest BCUT2D eigenvalue weighted by Gasteiger charge is -2.14. The van der Waals surface area contributed by atoms with Crippen molar-refractivity contribution in [1.29, 1.82) is 0 Å². The summed E-state index contributed by atoms with van der Waals surface area (Å²) in [6.07, 6.45) is 0. The lowest BCUT2D eigenvalue weighted by Crippen LogP contribution is -2.08. The van der Waals surface area contributed by atoms with E-state index in [9.17, 15) is 0 Å². The molecule has 2 N–H and O–H groups in total. The Bertz CT molecular complexity index is 653. The van der Waals surface area contributed by atoms with Gasteiger partial charge in [-0.25, -0.2) is 0 Å². The van der Waals surface area contributed by atoms with Crippen molar-refractivity contribution in [2.45, 2.75) is 18.9 Å². The Hall–Kier alpha value is -2.46. The Kier molecular flexibility index (Phi) is 3.79. The van der Waals surface area contributed by atoms with Gasteiger partial charge >= 0.3 is 0 Å². The highest BCUT2D eigenvalue weighted by Crippen LogP contribution is 2.30. The largest absolute Gasteiger partial charge is 0.338 e. The average molecular weight is 279 g/mol. The molecule has 4 heteroatoms. The third-order valence-corrected chi connectivity index (χ3v) is 3.37. The molecule has 0 saturated heterocycles. The highest BCUT2D eigenvalue weighted by molar-refractivity contribution is 5.37. The normalized spacial score (nSPS) is 12.5. The van der Waals surface area contributed by atoms with Crippen LogP contribution in [0.5, 0.6) is 0 Å². The van der Waals surface area contributed by atoms with Crippen LogP contribution >= 0.6 is 0 Å². The molecule has 0 radical (unpaired) electrons. The molecule has 2 aromatic carbocycles. The van der Waals surface area contributed by atoms with Gasteiger partial charge in [0, 0.05) is 0 Å². The van der Waals surface area contributed by atoms with Crippen LogP contribution in [0.15, 0.2) is 65.2 Å². The highest BCUT2D eigenvalue weighted by atomic mass is 16.5. The molecule has 0 aliphatic carbocycles. The second-order valence-electron chi connectivity index (χ2n) is 5.03. The molecule has 0 fully saturated rings. The molecule has 0 bridgehead atoms. The molecule has 4 nitrogen and oxygen atoms in total. The molecule has 0 aliphatic heterocycles. The Morgan fingerprint density at radius 3 is 1.86 bits per heavy atom. The summed E-state index contributed by atoms with van der Waals surface area (Å²) in [6.45, 7) is 1.83. The minimum Gasteiger partial charge on any atom is -0.338 e. The molecular formula is C17H17N3O. The fraction of sp³-hybridized carbons (Fsp3) is 0.176. The van der Waals surface area contributed by atoms with E-state index in [2.05, 4.69) is 34.4 Å². The quantitative estimate of drug-likeness (QED) is 0.796. The van der Waals surface area contributed by atoms with Gasteiger partial charge in [0.05, 0.1) is 12.0 Å². The van der Waals surface area contributed by atoms with Gasteiger partial charge < -0.3 is 10.3 Å². The number of hydrogen-bond acceptors (Lipinski definition) is 4. The lowest BCUT2D eigenvalue weighted by molar-refractivity contribution is 0.356. The van der Waals surface area contributed by atoms with Crippen LogP contribution in [-0.4, -0.2) is 10.1 Å². The van der Waals surface area contributed by atoms with E-state index in [1.165, 1.54) is 0 Å². The van der Waals surface area contributed by atoms with Crippen molar-refractivity contribution in [2.24, 2.45) is 5.73 Å². The molecule has 0 amide bonds. The summed E-state index contributed by atoms with van der Waals surface area (Å²) in [5.74, 6) is 1.05. The van der Waals surface area contributed by atoms with E-state index in [1.807, 2.05) is 43.3 Å². The molecule has 3 rings (SSSR count). The number of nitrogens with two attached hydrogens (primary N) is 1. The molecule has 1 atom stereocenters. The van der Waals surface area contributed by atoms with E-state index < -0.39 is 0 Å². The molecule has 0 spiro atoms. The van der Waals surface area contributed by atoms with Crippen molar-refractivity contribution in [3.63, 3.8) is 0 Å². The number of aromatic nitrogens is 2. The van der Waals surface area contributed by atoms with Crippen LogP contribution in [0.2, 0.25) is 0 Å². The van der Waals surface area contributed by atoms with Crippen LogP contribution in [-0.2, 0) is 0 Å². The summed E-state index contributed by atoms with van der Waals surface area (Å²) in [4.78, 5) is 4.46. The van der Waals surface area contributed by atoms with Crippen LogP contribution < -0.4 is 5.73 Å². The number of benzene rings is 2.